The molecule has 32 heavy (non-hydrogen) atoms. The van der Waals surface area contributed by atoms with Crippen LogP contribution in [0.3, 0.4) is 0 Å². The van der Waals surface area contributed by atoms with Gasteiger partial charge < -0.3 is 23.7 Å². The molecule has 0 amide bonds. The minimum atomic E-state index is -0.207. The standard InChI is InChI=1S/C27H56O5/c1-14-26(18-29-22(3)4,19-30-23(5,6)7)16-28-17-27(15-2,20-31-24(8,9)10)21-32-25(11,12)13/h22H,14-21H2,1-13H3. The molecule has 0 aliphatic carbocycles. The molecule has 5 heteroatoms. The highest BCUT2D eigenvalue weighted by Gasteiger charge is 2.36. The maximum absolute atomic E-state index is 6.45. The van der Waals surface area contributed by atoms with E-state index in [0.29, 0.717) is 39.6 Å². The molecule has 0 aliphatic rings. The second kappa shape index (κ2) is 13.0. The molecule has 1 atom stereocenters. The summed E-state index contributed by atoms with van der Waals surface area (Å²) >= 11 is 0. The molecule has 1 unspecified atom stereocenters. The van der Waals surface area contributed by atoms with Gasteiger partial charge >= 0.3 is 0 Å². The molecule has 0 aromatic heterocycles. The van der Waals surface area contributed by atoms with Crippen molar-refractivity contribution in [1.29, 1.82) is 0 Å². The number of hydrogen-bond donors (Lipinski definition) is 0. The van der Waals surface area contributed by atoms with E-state index in [4.69, 9.17) is 23.7 Å². The van der Waals surface area contributed by atoms with Crippen LogP contribution in [-0.2, 0) is 23.7 Å². The van der Waals surface area contributed by atoms with Gasteiger partial charge in [0.25, 0.3) is 0 Å². The van der Waals surface area contributed by atoms with Crippen molar-refractivity contribution >= 4 is 0 Å². The van der Waals surface area contributed by atoms with Gasteiger partial charge in [-0.3, -0.25) is 0 Å². The quantitative estimate of drug-likeness (QED) is 0.273. The monoisotopic (exact) mass is 460 g/mol. The third-order valence-electron chi connectivity index (χ3n) is 5.47. The normalized spacial score (nSPS) is 15.9. The molecule has 194 valence electrons. The lowest BCUT2D eigenvalue weighted by Gasteiger charge is -2.39. The fourth-order valence-corrected chi connectivity index (χ4v) is 2.80. The van der Waals surface area contributed by atoms with E-state index in [1.807, 2.05) is 0 Å². The van der Waals surface area contributed by atoms with Crippen molar-refractivity contribution in [3.8, 4) is 0 Å². The molecular formula is C27H56O5. The van der Waals surface area contributed by atoms with Gasteiger partial charge in [0.05, 0.1) is 62.5 Å². The number of rotatable bonds is 15. The summed E-state index contributed by atoms with van der Waals surface area (Å²) in [6.45, 7) is 30.9. The first-order valence-corrected chi connectivity index (χ1v) is 12.5. The minimum absolute atomic E-state index is 0.172. The summed E-state index contributed by atoms with van der Waals surface area (Å²) in [6, 6.07) is 0. The Bertz CT molecular complexity index is 478. The second-order valence-electron chi connectivity index (χ2n) is 12.8. The van der Waals surface area contributed by atoms with Crippen molar-refractivity contribution < 1.29 is 23.7 Å². The van der Waals surface area contributed by atoms with Crippen molar-refractivity contribution in [2.75, 3.05) is 39.6 Å². The molecule has 0 aliphatic heterocycles. The molecule has 0 aromatic carbocycles. The Labute approximate surface area is 200 Å². The molecule has 0 saturated heterocycles. The Morgan fingerprint density at radius 1 is 0.500 bits per heavy atom. The SMILES string of the molecule is CCC(COCC(CC)(COC(C)(C)C)COC(C)(C)C)(COC(C)C)COC(C)(C)C. The highest BCUT2D eigenvalue weighted by molar-refractivity contribution is 4.83. The van der Waals surface area contributed by atoms with Crippen molar-refractivity contribution in [3.05, 3.63) is 0 Å². The van der Waals surface area contributed by atoms with Gasteiger partial charge in [0, 0.05) is 10.8 Å². The molecule has 0 N–H and O–H groups in total. The first kappa shape index (κ1) is 31.8. The van der Waals surface area contributed by atoms with Gasteiger partial charge in [-0.25, -0.2) is 0 Å². The predicted molar refractivity (Wildman–Crippen MR) is 134 cm³/mol. The zero-order chi connectivity index (χ0) is 25.3. The zero-order valence-corrected chi connectivity index (χ0v) is 23.8. The Balaban J connectivity index is 5.44. The lowest BCUT2D eigenvalue weighted by molar-refractivity contribution is -0.153. The van der Waals surface area contributed by atoms with E-state index in [-0.39, 0.29) is 33.7 Å². The van der Waals surface area contributed by atoms with E-state index in [9.17, 15) is 0 Å². The van der Waals surface area contributed by atoms with Crippen LogP contribution >= 0.6 is 0 Å². The van der Waals surface area contributed by atoms with Gasteiger partial charge in [0.2, 0.25) is 0 Å². The van der Waals surface area contributed by atoms with Crippen LogP contribution in [0.15, 0.2) is 0 Å². The van der Waals surface area contributed by atoms with Crippen LogP contribution in [0.5, 0.6) is 0 Å². The Hall–Kier alpha value is -0.200. The van der Waals surface area contributed by atoms with E-state index in [2.05, 4.69) is 90.0 Å². The van der Waals surface area contributed by atoms with E-state index in [1.165, 1.54) is 0 Å². The van der Waals surface area contributed by atoms with E-state index >= 15 is 0 Å². The van der Waals surface area contributed by atoms with Gasteiger partial charge in [-0.2, -0.15) is 0 Å². The topological polar surface area (TPSA) is 46.2 Å². The number of ether oxygens (including phenoxy) is 5. The van der Waals surface area contributed by atoms with Crippen molar-refractivity contribution in [2.24, 2.45) is 10.8 Å². The molecule has 0 fully saturated rings. The lowest BCUT2D eigenvalue weighted by atomic mass is 9.85. The van der Waals surface area contributed by atoms with Gasteiger partial charge in [-0.1, -0.05) is 13.8 Å². The summed E-state index contributed by atoms with van der Waals surface area (Å²) in [6.07, 6.45) is 2.01. The first-order chi connectivity index (χ1) is 14.4. The van der Waals surface area contributed by atoms with Crippen LogP contribution in [0.25, 0.3) is 0 Å². The maximum atomic E-state index is 6.45. The molecule has 0 heterocycles. The van der Waals surface area contributed by atoms with Gasteiger partial charge in [0.1, 0.15) is 0 Å². The molecular weight excluding hydrogens is 404 g/mol. The minimum Gasteiger partial charge on any atom is -0.380 e. The molecule has 0 radical (unpaired) electrons. The average molecular weight is 461 g/mol. The molecule has 0 bridgehead atoms. The fourth-order valence-electron chi connectivity index (χ4n) is 2.80. The van der Waals surface area contributed by atoms with E-state index in [1.54, 1.807) is 0 Å². The maximum Gasteiger partial charge on any atom is 0.0598 e. The summed E-state index contributed by atoms with van der Waals surface area (Å²) < 4.78 is 31.1. The van der Waals surface area contributed by atoms with Crippen LogP contribution in [0, 0.1) is 10.8 Å². The molecule has 0 rings (SSSR count). The summed E-state index contributed by atoms with van der Waals surface area (Å²) in [5.41, 5.74) is -1.01. The highest BCUT2D eigenvalue weighted by Crippen LogP contribution is 2.31. The van der Waals surface area contributed by atoms with Gasteiger partial charge in [-0.15, -0.1) is 0 Å². The first-order valence-electron chi connectivity index (χ1n) is 12.5. The van der Waals surface area contributed by atoms with Crippen molar-refractivity contribution in [1.82, 2.24) is 0 Å². The van der Waals surface area contributed by atoms with Crippen LogP contribution in [0.4, 0.5) is 0 Å². The van der Waals surface area contributed by atoms with E-state index < -0.39 is 0 Å². The Kier molecular flexibility index (Phi) is 13.0. The summed E-state index contributed by atoms with van der Waals surface area (Å²) in [5.74, 6) is 0. The zero-order valence-electron chi connectivity index (χ0n) is 23.8. The lowest BCUT2D eigenvalue weighted by Crippen LogP contribution is -2.44. The Morgan fingerprint density at radius 2 is 0.812 bits per heavy atom. The summed E-state index contributed by atoms with van der Waals surface area (Å²) in [7, 11) is 0. The van der Waals surface area contributed by atoms with Gasteiger partial charge in [-0.05, 0) is 89.0 Å². The summed E-state index contributed by atoms with van der Waals surface area (Å²) in [4.78, 5) is 0. The molecule has 0 spiro atoms. The predicted octanol–water partition coefficient (Wildman–Crippen LogP) is 6.67. The third kappa shape index (κ3) is 14.8. The van der Waals surface area contributed by atoms with Gasteiger partial charge in [0.15, 0.2) is 0 Å². The smallest absolute Gasteiger partial charge is 0.0598 e. The van der Waals surface area contributed by atoms with Crippen molar-refractivity contribution in [3.63, 3.8) is 0 Å². The average Bonchev–Trinajstić information content (AvgIpc) is 2.63. The molecule has 0 saturated carbocycles. The van der Waals surface area contributed by atoms with Crippen LogP contribution < -0.4 is 0 Å². The van der Waals surface area contributed by atoms with Crippen LogP contribution in [-0.4, -0.2) is 62.5 Å². The fraction of sp³-hybridized carbons (Fsp3) is 1.00. The summed E-state index contributed by atoms with van der Waals surface area (Å²) in [5, 5.41) is 0. The van der Waals surface area contributed by atoms with Crippen LogP contribution in [0.1, 0.15) is 103 Å². The second-order valence-corrected chi connectivity index (χ2v) is 12.8. The Morgan fingerprint density at radius 3 is 1.06 bits per heavy atom. The molecule has 5 nitrogen and oxygen atoms in total. The molecule has 0 aromatic rings. The highest BCUT2D eigenvalue weighted by atomic mass is 16.5. The largest absolute Gasteiger partial charge is 0.380 e. The van der Waals surface area contributed by atoms with E-state index in [0.717, 1.165) is 12.8 Å². The van der Waals surface area contributed by atoms with Crippen LogP contribution in [0.2, 0.25) is 0 Å². The van der Waals surface area contributed by atoms with Crippen molar-refractivity contribution in [2.45, 2.75) is 126 Å². The third-order valence-corrected chi connectivity index (χ3v) is 5.47. The number of hydrogen-bond acceptors (Lipinski definition) is 5.